The molecule has 0 heterocycles. The second-order valence-corrected chi connectivity index (χ2v) is 5.13. The molecule has 0 aromatic rings. The highest BCUT2D eigenvalue weighted by Gasteiger charge is 2.28. The van der Waals surface area contributed by atoms with Gasteiger partial charge in [0.05, 0.1) is 5.92 Å². The molecule has 2 unspecified atom stereocenters. The van der Waals surface area contributed by atoms with Crippen molar-refractivity contribution in [2.24, 2.45) is 11.7 Å². The number of carbonyl (C=O) groups excluding carboxylic acids is 1. The summed E-state index contributed by atoms with van der Waals surface area (Å²) >= 11 is 0. The predicted octanol–water partition coefficient (Wildman–Crippen LogP) is 0.962. The summed E-state index contributed by atoms with van der Waals surface area (Å²) in [6, 6.07) is 0.0664. The maximum atomic E-state index is 12.3. The molecule has 4 nitrogen and oxygen atoms in total. The zero-order chi connectivity index (χ0) is 12.7. The lowest BCUT2D eigenvalue weighted by Crippen LogP contribution is -2.42. The summed E-state index contributed by atoms with van der Waals surface area (Å²) in [5.74, 6) is 0.299. The van der Waals surface area contributed by atoms with Gasteiger partial charge in [-0.15, -0.1) is 0 Å². The molecular weight excluding hydrogens is 214 g/mol. The molecular formula is C13H27N3O. The van der Waals surface area contributed by atoms with E-state index in [0.29, 0.717) is 0 Å². The van der Waals surface area contributed by atoms with Gasteiger partial charge in [0.1, 0.15) is 0 Å². The molecule has 1 fully saturated rings. The van der Waals surface area contributed by atoms with E-state index in [0.717, 1.165) is 38.8 Å². The summed E-state index contributed by atoms with van der Waals surface area (Å²) < 4.78 is 0. The molecule has 1 amide bonds. The Morgan fingerprint density at radius 3 is 2.76 bits per heavy atom. The van der Waals surface area contributed by atoms with E-state index in [1.807, 2.05) is 19.0 Å². The van der Waals surface area contributed by atoms with E-state index in [1.54, 1.807) is 0 Å². The van der Waals surface area contributed by atoms with Crippen LogP contribution < -0.4 is 11.1 Å². The summed E-state index contributed by atoms with van der Waals surface area (Å²) in [6.45, 7) is 1.78. The number of hydrogen-bond donors (Lipinski definition) is 2. The van der Waals surface area contributed by atoms with E-state index in [1.165, 1.54) is 12.8 Å². The first-order valence-electron chi connectivity index (χ1n) is 6.82. The minimum atomic E-state index is 0.0529. The van der Waals surface area contributed by atoms with E-state index in [-0.39, 0.29) is 17.9 Å². The normalized spacial score (nSPS) is 25.4. The molecule has 0 aromatic carbocycles. The van der Waals surface area contributed by atoms with Gasteiger partial charge in [-0.2, -0.15) is 0 Å². The maximum absolute atomic E-state index is 12.3. The van der Waals surface area contributed by atoms with Crippen LogP contribution in [0, 0.1) is 5.92 Å². The molecule has 1 aliphatic rings. The minimum Gasteiger partial charge on any atom is -0.345 e. The van der Waals surface area contributed by atoms with Gasteiger partial charge in [-0.25, -0.2) is 0 Å². The number of hydrogen-bond acceptors (Lipinski definition) is 3. The number of amides is 1. The molecule has 0 saturated heterocycles. The van der Waals surface area contributed by atoms with Crippen LogP contribution in [0.4, 0.5) is 0 Å². The van der Waals surface area contributed by atoms with Gasteiger partial charge in [-0.05, 0) is 32.9 Å². The Morgan fingerprint density at radius 2 is 2.06 bits per heavy atom. The summed E-state index contributed by atoms with van der Waals surface area (Å²) in [5, 5.41) is 3.10. The molecule has 0 aliphatic heterocycles. The first-order valence-corrected chi connectivity index (χ1v) is 6.82. The van der Waals surface area contributed by atoms with Gasteiger partial charge in [-0.3, -0.25) is 4.79 Å². The van der Waals surface area contributed by atoms with Crippen LogP contribution in [0.2, 0.25) is 0 Å². The van der Waals surface area contributed by atoms with E-state index < -0.39 is 0 Å². The number of nitrogens with zero attached hydrogens (tertiary/aromatic N) is 1. The van der Waals surface area contributed by atoms with Crippen molar-refractivity contribution in [2.75, 3.05) is 27.2 Å². The fourth-order valence-electron chi connectivity index (χ4n) is 2.53. The lowest BCUT2D eigenvalue weighted by atomic mass is 9.94. The highest BCUT2D eigenvalue weighted by Crippen LogP contribution is 2.23. The van der Waals surface area contributed by atoms with Crippen molar-refractivity contribution in [3.05, 3.63) is 0 Å². The lowest BCUT2D eigenvalue weighted by Gasteiger charge is -2.26. The number of carbonyl (C=O) groups is 1. The van der Waals surface area contributed by atoms with Crippen LogP contribution in [0.3, 0.4) is 0 Å². The monoisotopic (exact) mass is 241 g/mol. The topological polar surface area (TPSA) is 58.4 Å². The maximum Gasteiger partial charge on any atom is 0.226 e. The Morgan fingerprint density at radius 1 is 1.35 bits per heavy atom. The standard InChI is InChI=1S/C13H27N3O/c1-15-9-6-10-16(2)13(17)11-7-4-3-5-8-12(11)14/h11-12,15H,3-10,14H2,1-2H3. The van der Waals surface area contributed by atoms with Crippen molar-refractivity contribution >= 4 is 5.91 Å². The summed E-state index contributed by atoms with van der Waals surface area (Å²) in [6.07, 6.45) is 6.52. The number of rotatable bonds is 5. The molecule has 0 bridgehead atoms. The Bertz CT molecular complexity index is 233. The van der Waals surface area contributed by atoms with Crippen LogP contribution in [0.5, 0.6) is 0 Å². The van der Waals surface area contributed by atoms with Gasteiger partial charge in [-0.1, -0.05) is 19.3 Å². The zero-order valence-corrected chi connectivity index (χ0v) is 11.2. The quantitative estimate of drug-likeness (QED) is 0.557. The van der Waals surface area contributed by atoms with E-state index in [4.69, 9.17) is 5.73 Å². The van der Waals surface area contributed by atoms with Gasteiger partial charge < -0.3 is 16.0 Å². The van der Waals surface area contributed by atoms with Crippen molar-refractivity contribution in [2.45, 2.75) is 44.6 Å². The highest BCUT2D eigenvalue weighted by atomic mass is 16.2. The van der Waals surface area contributed by atoms with Crippen LogP contribution in [0.15, 0.2) is 0 Å². The number of nitrogens with two attached hydrogens (primary N) is 1. The molecule has 1 rings (SSSR count). The van der Waals surface area contributed by atoms with Crippen LogP contribution in [-0.4, -0.2) is 44.0 Å². The van der Waals surface area contributed by atoms with Gasteiger partial charge in [0, 0.05) is 19.6 Å². The van der Waals surface area contributed by atoms with Gasteiger partial charge in [0.25, 0.3) is 0 Å². The molecule has 0 spiro atoms. The summed E-state index contributed by atoms with van der Waals surface area (Å²) in [5.41, 5.74) is 6.11. The molecule has 1 aliphatic carbocycles. The van der Waals surface area contributed by atoms with Crippen LogP contribution >= 0.6 is 0 Å². The van der Waals surface area contributed by atoms with Crippen LogP contribution in [0.25, 0.3) is 0 Å². The summed E-state index contributed by atoms with van der Waals surface area (Å²) in [7, 11) is 3.83. The van der Waals surface area contributed by atoms with Gasteiger partial charge in [0.15, 0.2) is 0 Å². The van der Waals surface area contributed by atoms with Crippen LogP contribution in [-0.2, 0) is 4.79 Å². The Balaban J connectivity index is 2.42. The number of nitrogens with one attached hydrogen (secondary N) is 1. The Kier molecular flexibility index (Phi) is 6.52. The smallest absolute Gasteiger partial charge is 0.226 e. The molecule has 3 N–H and O–H groups in total. The third kappa shape index (κ3) is 4.64. The average molecular weight is 241 g/mol. The van der Waals surface area contributed by atoms with Gasteiger partial charge >= 0.3 is 0 Å². The second kappa shape index (κ2) is 7.67. The van der Waals surface area contributed by atoms with Crippen molar-refractivity contribution in [3.8, 4) is 0 Å². The molecule has 2 atom stereocenters. The zero-order valence-electron chi connectivity index (χ0n) is 11.2. The Hall–Kier alpha value is -0.610. The van der Waals surface area contributed by atoms with Gasteiger partial charge in [0.2, 0.25) is 5.91 Å². The molecule has 100 valence electrons. The first-order chi connectivity index (χ1) is 8.16. The average Bonchev–Trinajstić information content (AvgIpc) is 2.53. The molecule has 1 saturated carbocycles. The Labute approximate surface area is 105 Å². The highest BCUT2D eigenvalue weighted by molar-refractivity contribution is 5.79. The minimum absolute atomic E-state index is 0.0529. The SMILES string of the molecule is CNCCCN(C)C(=O)C1CCCCCC1N. The third-order valence-corrected chi connectivity index (χ3v) is 3.68. The fourth-order valence-corrected chi connectivity index (χ4v) is 2.53. The van der Waals surface area contributed by atoms with E-state index in [9.17, 15) is 4.79 Å². The van der Waals surface area contributed by atoms with Crippen molar-refractivity contribution in [1.29, 1.82) is 0 Å². The largest absolute Gasteiger partial charge is 0.345 e. The molecule has 17 heavy (non-hydrogen) atoms. The van der Waals surface area contributed by atoms with E-state index >= 15 is 0 Å². The fraction of sp³-hybridized carbons (Fsp3) is 0.923. The lowest BCUT2D eigenvalue weighted by molar-refractivity contribution is -0.135. The third-order valence-electron chi connectivity index (χ3n) is 3.68. The molecule has 0 radical (unpaired) electrons. The second-order valence-electron chi connectivity index (χ2n) is 5.13. The van der Waals surface area contributed by atoms with E-state index in [2.05, 4.69) is 5.32 Å². The van der Waals surface area contributed by atoms with Crippen molar-refractivity contribution in [1.82, 2.24) is 10.2 Å². The first kappa shape index (κ1) is 14.5. The predicted molar refractivity (Wildman–Crippen MR) is 70.7 cm³/mol. The van der Waals surface area contributed by atoms with Crippen LogP contribution in [0.1, 0.15) is 38.5 Å². The van der Waals surface area contributed by atoms with Crippen molar-refractivity contribution < 1.29 is 4.79 Å². The van der Waals surface area contributed by atoms with Crippen molar-refractivity contribution in [3.63, 3.8) is 0 Å². The molecule has 0 aromatic heterocycles. The summed E-state index contributed by atoms with van der Waals surface area (Å²) in [4.78, 5) is 14.1. The molecule has 4 heteroatoms.